The molecule has 0 atom stereocenters. The number of pyridine rings is 1. The molecular weight excluding hydrogens is 444 g/mol. The monoisotopic (exact) mass is 468 g/mol. The molecule has 0 aliphatic carbocycles. The van der Waals surface area contributed by atoms with E-state index in [1.165, 1.54) is 9.96 Å². The zero-order valence-corrected chi connectivity index (χ0v) is 19.6. The molecule has 176 valence electrons. The van der Waals surface area contributed by atoms with Gasteiger partial charge in [-0.25, -0.2) is 13.9 Å². The second kappa shape index (κ2) is 9.02. The van der Waals surface area contributed by atoms with Gasteiger partial charge in [0.2, 0.25) is 11.7 Å². The highest BCUT2D eigenvalue weighted by atomic mass is 16.5. The van der Waals surface area contributed by atoms with E-state index in [2.05, 4.69) is 34.4 Å². The van der Waals surface area contributed by atoms with Crippen molar-refractivity contribution in [3.63, 3.8) is 0 Å². The molecule has 3 heterocycles. The second-order valence-corrected chi connectivity index (χ2v) is 8.67. The lowest BCUT2D eigenvalue weighted by atomic mass is 10.0. The van der Waals surface area contributed by atoms with Crippen LogP contribution < -0.4 is 11.0 Å². The average molecular weight is 469 g/mol. The summed E-state index contributed by atoms with van der Waals surface area (Å²) in [6.45, 7) is 5.97. The Labute approximate surface area is 201 Å². The summed E-state index contributed by atoms with van der Waals surface area (Å²) in [4.78, 5) is 30.0. The summed E-state index contributed by atoms with van der Waals surface area (Å²) < 4.78 is 7.96. The van der Waals surface area contributed by atoms with Gasteiger partial charge in [0.25, 0.3) is 5.89 Å². The fourth-order valence-electron chi connectivity index (χ4n) is 3.83. The Morgan fingerprint density at radius 2 is 1.89 bits per heavy atom. The van der Waals surface area contributed by atoms with Gasteiger partial charge in [-0.1, -0.05) is 54.9 Å². The maximum absolute atomic E-state index is 12.9. The number of nitrogens with one attached hydrogen (secondary N) is 1. The van der Waals surface area contributed by atoms with Gasteiger partial charge < -0.3 is 9.84 Å². The van der Waals surface area contributed by atoms with Crippen LogP contribution in [0.15, 0.2) is 76.2 Å². The van der Waals surface area contributed by atoms with Gasteiger partial charge in [-0.15, -0.1) is 5.10 Å². The normalized spacial score (nSPS) is 11.3. The van der Waals surface area contributed by atoms with Crippen LogP contribution in [0.5, 0.6) is 0 Å². The Bertz CT molecular complexity index is 1580. The van der Waals surface area contributed by atoms with Crippen molar-refractivity contribution in [2.24, 2.45) is 0 Å². The summed E-state index contributed by atoms with van der Waals surface area (Å²) in [6, 6.07) is 18.8. The molecule has 5 rings (SSSR count). The van der Waals surface area contributed by atoms with Crippen LogP contribution in [0.4, 0.5) is 5.69 Å². The van der Waals surface area contributed by atoms with Crippen molar-refractivity contribution in [2.75, 3.05) is 5.32 Å². The molecule has 0 saturated carbocycles. The van der Waals surface area contributed by atoms with Gasteiger partial charge in [0.05, 0.1) is 5.56 Å². The predicted molar refractivity (Wildman–Crippen MR) is 132 cm³/mol. The Hall–Kier alpha value is -4.53. The highest BCUT2D eigenvalue weighted by Gasteiger charge is 2.18. The molecule has 1 amide bonds. The van der Waals surface area contributed by atoms with Crippen LogP contribution in [-0.2, 0) is 11.3 Å². The third kappa shape index (κ3) is 4.48. The fraction of sp³-hybridized carbons (Fsp3) is 0.192. The minimum absolute atomic E-state index is 0.232. The van der Waals surface area contributed by atoms with E-state index in [9.17, 15) is 9.59 Å². The van der Waals surface area contributed by atoms with Crippen molar-refractivity contribution in [1.82, 2.24) is 24.3 Å². The van der Waals surface area contributed by atoms with Crippen molar-refractivity contribution in [1.29, 1.82) is 0 Å². The number of amides is 1. The quantitative estimate of drug-likeness (QED) is 0.399. The largest absolute Gasteiger partial charge is 0.350 e. The van der Waals surface area contributed by atoms with Crippen LogP contribution in [0.25, 0.3) is 28.5 Å². The van der Waals surface area contributed by atoms with E-state index in [0.717, 1.165) is 15.8 Å². The Morgan fingerprint density at radius 3 is 2.63 bits per heavy atom. The molecule has 0 saturated heterocycles. The molecule has 0 spiro atoms. The molecule has 9 nitrogen and oxygen atoms in total. The van der Waals surface area contributed by atoms with Crippen molar-refractivity contribution < 1.29 is 9.32 Å². The number of rotatable bonds is 6. The number of aryl methyl sites for hydroxylation is 1. The number of benzene rings is 2. The third-order valence-electron chi connectivity index (χ3n) is 5.70. The van der Waals surface area contributed by atoms with Crippen molar-refractivity contribution in [3.05, 3.63) is 88.5 Å². The first-order valence-corrected chi connectivity index (χ1v) is 11.3. The standard InChI is InChI=1S/C26H24N6O3/c1-16(2)18-9-11-20(12-10-18)27-22(33)15-32-26(34)31-13-5-8-21(24(31)29-32)25-28-23(30-35-25)19-7-4-6-17(3)14-19/h4-14,16H,15H2,1-3H3,(H,27,33). The van der Waals surface area contributed by atoms with Gasteiger partial charge in [0, 0.05) is 17.4 Å². The van der Waals surface area contributed by atoms with Crippen LogP contribution in [0.1, 0.15) is 30.9 Å². The summed E-state index contributed by atoms with van der Waals surface area (Å²) in [6.07, 6.45) is 1.59. The van der Waals surface area contributed by atoms with Gasteiger partial charge in [-0.05, 0) is 48.7 Å². The molecule has 35 heavy (non-hydrogen) atoms. The zero-order valence-electron chi connectivity index (χ0n) is 19.6. The topological polar surface area (TPSA) is 107 Å². The number of nitrogens with zero attached hydrogens (tertiary/aromatic N) is 5. The molecule has 0 aliphatic rings. The number of carbonyl (C=O) groups is 1. The van der Waals surface area contributed by atoms with E-state index in [0.29, 0.717) is 28.6 Å². The van der Waals surface area contributed by atoms with Crippen LogP contribution >= 0.6 is 0 Å². The first-order valence-electron chi connectivity index (χ1n) is 11.3. The molecular formula is C26H24N6O3. The van der Waals surface area contributed by atoms with E-state index < -0.39 is 5.69 Å². The maximum Gasteiger partial charge on any atom is 0.350 e. The van der Waals surface area contributed by atoms with Crippen molar-refractivity contribution in [3.8, 4) is 22.8 Å². The first kappa shape index (κ1) is 22.3. The summed E-state index contributed by atoms with van der Waals surface area (Å²) in [5.74, 6) is 0.723. The fourth-order valence-corrected chi connectivity index (χ4v) is 3.83. The molecule has 0 aliphatic heterocycles. The van der Waals surface area contributed by atoms with Gasteiger partial charge in [-0.2, -0.15) is 4.98 Å². The van der Waals surface area contributed by atoms with Gasteiger partial charge in [0.1, 0.15) is 6.54 Å². The molecule has 9 heteroatoms. The summed E-state index contributed by atoms with van der Waals surface area (Å²) in [5.41, 5.74) is 4.13. The number of anilines is 1. The molecule has 0 fully saturated rings. The van der Waals surface area contributed by atoms with E-state index >= 15 is 0 Å². The van der Waals surface area contributed by atoms with Crippen molar-refractivity contribution in [2.45, 2.75) is 33.2 Å². The number of hydrogen-bond acceptors (Lipinski definition) is 6. The van der Waals surface area contributed by atoms with Gasteiger partial charge in [0.15, 0.2) is 5.65 Å². The highest BCUT2D eigenvalue weighted by Crippen LogP contribution is 2.25. The number of hydrogen-bond donors (Lipinski definition) is 1. The minimum Gasteiger partial charge on any atom is -0.333 e. The van der Waals surface area contributed by atoms with Crippen molar-refractivity contribution >= 4 is 17.2 Å². The number of carbonyl (C=O) groups excluding carboxylic acids is 1. The predicted octanol–water partition coefficient (Wildman–Crippen LogP) is 4.28. The van der Waals surface area contributed by atoms with Crippen LogP contribution in [0.2, 0.25) is 0 Å². The minimum atomic E-state index is -0.439. The molecule has 2 aromatic carbocycles. The Balaban J connectivity index is 1.41. The molecule has 5 aromatic rings. The number of fused-ring (bicyclic) bond motifs is 1. The lowest BCUT2D eigenvalue weighted by molar-refractivity contribution is -0.117. The Kier molecular flexibility index (Phi) is 5.74. The van der Waals surface area contributed by atoms with E-state index in [1.807, 2.05) is 55.5 Å². The van der Waals surface area contributed by atoms with Gasteiger partial charge in [-0.3, -0.25) is 4.79 Å². The molecule has 0 unspecified atom stereocenters. The summed E-state index contributed by atoms with van der Waals surface area (Å²) >= 11 is 0. The van der Waals surface area contributed by atoms with Crippen LogP contribution in [0, 0.1) is 6.92 Å². The van der Waals surface area contributed by atoms with Gasteiger partial charge >= 0.3 is 5.69 Å². The van der Waals surface area contributed by atoms with E-state index in [1.54, 1.807) is 18.3 Å². The number of aromatic nitrogens is 5. The van der Waals surface area contributed by atoms with E-state index in [-0.39, 0.29) is 18.3 Å². The molecule has 0 radical (unpaired) electrons. The van der Waals surface area contributed by atoms with Crippen LogP contribution in [0.3, 0.4) is 0 Å². The summed E-state index contributed by atoms with van der Waals surface area (Å²) in [7, 11) is 0. The molecule has 3 aromatic heterocycles. The second-order valence-electron chi connectivity index (χ2n) is 8.67. The zero-order chi connectivity index (χ0) is 24.5. The lowest BCUT2D eigenvalue weighted by Crippen LogP contribution is -2.28. The van der Waals surface area contributed by atoms with E-state index in [4.69, 9.17) is 4.52 Å². The first-order chi connectivity index (χ1) is 16.9. The Morgan fingerprint density at radius 1 is 1.09 bits per heavy atom. The maximum atomic E-state index is 12.9. The third-order valence-corrected chi connectivity index (χ3v) is 5.70. The highest BCUT2D eigenvalue weighted by molar-refractivity contribution is 5.90. The molecule has 0 bridgehead atoms. The lowest BCUT2D eigenvalue weighted by Gasteiger charge is -2.08. The smallest absolute Gasteiger partial charge is 0.333 e. The summed E-state index contributed by atoms with van der Waals surface area (Å²) in [5, 5.41) is 11.3. The van der Waals surface area contributed by atoms with Crippen LogP contribution in [-0.4, -0.2) is 30.2 Å². The average Bonchev–Trinajstić information content (AvgIpc) is 3.45. The molecule has 1 N–H and O–H groups in total. The SMILES string of the molecule is Cc1cccc(-c2noc(-c3cccn4c(=O)n(CC(=O)Nc5ccc(C(C)C)cc5)nc34)n2)c1.